The van der Waals surface area contributed by atoms with E-state index in [2.05, 4.69) is 27.2 Å². The van der Waals surface area contributed by atoms with Gasteiger partial charge in [-0.25, -0.2) is 0 Å². The minimum absolute atomic E-state index is 0.117. The number of carbonyl (C=O) groups excluding carboxylic acids is 1. The molecular formula is C18H22N6O2S. The molecule has 1 N–H and O–H groups in total. The van der Waals surface area contributed by atoms with Gasteiger partial charge in [0.2, 0.25) is 5.91 Å². The minimum Gasteiger partial charge on any atom is -0.469 e. The van der Waals surface area contributed by atoms with Crippen molar-refractivity contribution >= 4 is 23.4 Å². The number of nitrogens with zero attached hydrogens (tertiary/aromatic N) is 5. The molecule has 3 aromatic heterocycles. The number of anilines is 1. The summed E-state index contributed by atoms with van der Waals surface area (Å²) in [6.07, 6.45) is 3.39. The van der Waals surface area contributed by atoms with Crippen LogP contribution >= 0.6 is 11.8 Å². The van der Waals surface area contributed by atoms with Crippen LogP contribution in [0.3, 0.4) is 0 Å². The van der Waals surface area contributed by atoms with Crippen molar-refractivity contribution in [1.82, 2.24) is 24.5 Å². The Morgan fingerprint density at radius 3 is 2.74 bits per heavy atom. The van der Waals surface area contributed by atoms with Gasteiger partial charge >= 0.3 is 0 Å². The van der Waals surface area contributed by atoms with Gasteiger partial charge < -0.3 is 9.73 Å². The number of allylic oxidation sites excluding steroid dienone is 1. The van der Waals surface area contributed by atoms with Gasteiger partial charge in [-0.15, -0.1) is 16.8 Å². The Morgan fingerprint density at radius 1 is 1.37 bits per heavy atom. The van der Waals surface area contributed by atoms with Crippen molar-refractivity contribution < 1.29 is 9.21 Å². The maximum absolute atomic E-state index is 12.4. The van der Waals surface area contributed by atoms with Crippen LogP contribution in [0.4, 0.5) is 5.69 Å². The highest BCUT2D eigenvalue weighted by molar-refractivity contribution is 7.99. The molecule has 0 spiro atoms. The summed E-state index contributed by atoms with van der Waals surface area (Å²) in [5.41, 5.74) is 3.34. The molecule has 0 saturated carbocycles. The monoisotopic (exact) mass is 386 g/mol. The molecule has 0 aliphatic rings. The molecule has 0 unspecified atom stereocenters. The summed E-state index contributed by atoms with van der Waals surface area (Å²) in [7, 11) is 1.85. The third-order valence-corrected chi connectivity index (χ3v) is 5.20. The lowest BCUT2D eigenvalue weighted by atomic mass is 10.2. The first-order valence-electron chi connectivity index (χ1n) is 8.43. The molecule has 0 bridgehead atoms. The maximum atomic E-state index is 12.4. The number of aryl methyl sites for hydroxylation is 3. The first kappa shape index (κ1) is 19.0. The fourth-order valence-corrected chi connectivity index (χ4v) is 3.51. The van der Waals surface area contributed by atoms with Crippen LogP contribution in [0, 0.1) is 20.8 Å². The normalized spacial score (nSPS) is 11.0. The average Bonchev–Trinajstić information content (AvgIpc) is 3.28. The lowest BCUT2D eigenvalue weighted by molar-refractivity contribution is -0.113. The van der Waals surface area contributed by atoms with Gasteiger partial charge in [-0.05, 0) is 26.8 Å². The third-order valence-electron chi connectivity index (χ3n) is 4.23. The maximum Gasteiger partial charge on any atom is 0.234 e. The molecule has 0 atom stereocenters. The summed E-state index contributed by atoms with van der Waals surface area (Å²) < 4.78 is 9.03. The largest absolute Gasteiger partial charge is 0.469 e. The Kier molecular flexibility index (Phi) is 5.50. The Hall–Kier alpha value is -2.81. The van der Waals surface area contributed by atoms with Crippen molar-refractivity contribution in [1.29, 1.82) is 0 Å². The van der Waals surface area contributed by atoms with Crippen molar-refractivity contribution in [3.8, 4) is 11.4 Å². The van der Waals surface area contributed by atoms with E-state index in [-0.39, 0.29) is 11.7 Å². The summed E-state index contributed by atoms with van der Waals surface area (Å²) in [4.78, 5) is 12.4. The standard InChI is InChI=1S/C18H22N6O2S/c1-6-8-24-17(14-7-9-26-13(14)4)20-21-18(24)27-10-15(25)19-16-11(2)22-23(5)12(16)3/h6-7,9H,1,8,10H2,2-5H3,(H,19,25). The summed E-state index contributed by atoms with van der Waals surface area (Å²) in [6.45, 7) is 10.0. The van der Waals surface area contributed by atoms with Crippen LogP contribution < -0.4 is 5.32 Å². The van der Waals surface area contributed by atoms with Crippen LogP contribution in [0.5, 0.6) is 0 Å². The number of aromatic nitrogens is 5. The van der Waals surface area contributed by atoms with Crippen LogP contribution in [0.1, 0.15) is 17.1 Å². The molecule has 3 heterocycles. The van der Waals surface area contributed by atoms with E-state index in [0.717, 1.165) is 28.4 Å². The average molecular weight is 386 g/mol. The zero-order valence-electron chi connectivity index (χ0n) is 15.8. The van der Waals surface area contributed by atoms with E-state index in [1.165, 1.54) is 11.8 Å². The van der Waals surface area contributed by atoms with Gasteiger partial charge in [-0.2, -0.15) is 5.10 Å². The second-order valence-corrected chi connectivity index (χ2v) is 7.04. The summed E-state index contributed by atoms with van der Waals surface area (Å²) in [5, 5.41) is 16.4. The molecule has 142 valence electrons. The quantitative estimate of drug-likeness (QED) is 0.496. The van der Waals surface area contributed by atoms with E-state index in [1.54, 1.807) is 17.0 Å². The van der Waals surface area contributed by atoms with Crippen molar-refractivity contribution in [3.05, 3.63) is 42.1 Å². The second kappa shape index (κ2) is 7.83. The van der Waals surface area contributed by atoms with Crippen molar-refractivity contribution in [2.45, 2.75) is 32.5 Å². The number of furan rings is 1. The van der Waals surface area contributed by atoms with Gasteiger partial charge in [-0.1, -0.05) is 17.8 Å². The van der Waals surface area contributed by atoms with Crippen LogP contribution in [0.15, 0.2) is 34.6 Å². The first-order chi connectivity index (χ1) is 12.9. The molecule has 8 nitrogen and oxygen atoms in total. The second-order valence-electron chi connectivity index (χ2n) is 6.10. The minimum atomic E-state index is -0.117. The first-order valence-corrected chi connectivity index (χ1v) is 9.42. The summed E-state index contributed by atoms with van der Waals surface area (Å²) in [5.74, 6) is 1.56. The Bertz CT molecular complexity index is 984. The van der Waals surface area contributed by atoms with E-state index in [9.17, 15) is 4.79 Å². The highest BCUT2D eigenvalue weighted by Crippen LogP contribution is 2.27. The third kappa shape index (κ3) is 3.82. The molecule has 3 rings (SSSR count). The van der Waals surface area contributed by atoms with Gasteiger partial charge in [0.15, 0.2) is 11.0 Å². The van der Waals surface area contributed by atoms with Crippen molar-refractivity contribution in [2.24, 2.45) is 7.05 Å². The highest BCUT2D eigenvalue weighted by Gasteiger charge is 2.18. The number of hydrogen-bond acceptors (Lipinski definition) is 6. The predicted octanol–water partition coefficient (Wildman–Crippen LogP) is 3.11. The SMILES string of the molecule is C=CCn1c(SCC(=O)Nc2c(C)nn(C)c2C)nnc1-c1ccoc1C. The molecule has 0 aliphatic carbocycles. The van der Waals surface area contributed by atoms with E-state index < -0.39 is 0 Å². The van der Waals surface area contributed by atoms with E-state index in [0.29, 0.717) is 17.5 Å². The lowest BCUT2D eigenvalue weighted by Crippen LogP contribution is -2.15. The Balaban J connectivity index is 1.74. The molecule has 0 aromatic carbocycles. The lowest BCUT2D eigenvalue weighted by Gasteiger charge is -2.08. The molecule has 27 heavy (non-hydrogen) atoms. The molecule has 0 radical (unpaired) electrons. The molecular weight excluding hydrogens is 364 g/mol. The van der Waals surface area contributed by atoms with Gasteiger partial charge in [-0.3, -0.25) is 14.0 Å². The molecule has 1 amide bonds. The van der Waals surface area contributed by atoms with Crippen molar-refractivity contribution in [2.75, 3.05) is 11.1 Å². The molecule has 0 aliphatic heterocycles. The summed E-state index contributed by atoms with van der Waals surface area (Å²) in [6, 6.07) is 1.86. The van der Waals surface area contributed by atoms with Crippen LogP contribution in [0.2, 0.25) is 0 Å². The van der Waals surface area contributed by atoms with Gasteiger partial charge in [0.05, 0.1) is 34.7 Å². The van der Waals surface area contributed by atoms with E-state index in [1.807, 2.05) is 38.5 Å². The Labute approximate surface area is 161 Å². The van der Waals surface area contributed by atoms with Gasteiger partial charge in [0, 0.05) is 13.6 Å². The highest BCUT2D eigenvalue weighted by atomic mass is 32.2. The zero-order chi connectivity index (χ0) is 19.6. The molecule has 0 saturated heterocycles. The molecule has 0 fully saturated rings. The van der Waals surface area contributed by atoms with Gasteiger partial charge in [0.25, 0.3) is 0 Å². The van der Waals surface area contributed by atoms with Crippen LogP contribution in [-0.4, -0.2) is 36.2 Å². The number of hydrogen-bond donors (Lipinski definition) is 1. The van der Waals surface area contributed by atoms with Gasteiger partial charge in [0.1, 0.15) is 5.76 Å². The number of carbonyl (C=O) groups is 1. The van der Waals surface area contributed by atoms with E-state index in [4.69, 9.17) is 4.42 Å². The topological polar surface area (TPSA) is 90.8 Å². The molecule has 9 heteroatoms. The number of thioether (sulfide) groups is 1. The molecule has 3 aromatic rings. The predicted molar refractivity (Wildman–Crippen MR) is 105 cm³/mol. The fourth-order valence-electron chi connectivity index (χ4n) is 2.77. The van der Waals surface area contributed by atoms with E-state index >= 15 is 0 Å². The number of amides is 1. The van der Waals surface area contributed by atoms with Crippen molar-refractivity contribution in [3.63, 3.8) is 0 Å². The Morgan fingerprint density at radius 2 is 2.15 bits per heavy atom. The number of nitrogens with one attached hydrogen (secondary N) is 1. The fraction of sp³-hybridized carbons (Fsp3) is 0.333. The number of rotatable bonds is 7. The smallest absolute Gasteiger partial charge is 0.234 e. The van der Waals surface area contributed by atoms with Crippen LogP contribution in [0.25, 0.3) is 11.4 Å². The zero-order valence-corrected chi connectivity index (χ0v) is 16.6. The van der Waals surface area contributed by atoms with Crippen LogP contribution in [-0.2, 0) is 18.4 Å². The summed E-state index contributed by atoms with van der Waals surface area (Å²) >= 11 is 1.33.